The largest absolute Gasteiger partial charge is 0.302 e. The fourth-order valence-corrected chi connectivity index (χ4v) is 3.59. The van der Waals surface area contributed by atoms with Crippen LogP contribution in [0.15, 0.2) is 18.2 Å². The fraction of sp³-hybridized carbons (Fsp3) is 0.611. The minimum Gasteiger partial charge on any atom is -0.302 e. The molecule has 1 aromatic rings. The maximum atomic E-state index is 9.54. The van der Waals surface area contributed by atoms with Gasteiger partial charge in [-0.05, 0) is 68.3 Å². The molecule has 3 rings (SSSR count). The highest BCUT2D eigenvalue weighted by Crippen LogP contribution is 2.26. The molecule has 2 nitrogen and oxygen atoms in total. The van der Waals surface area contributed by atoms with Crippen molar-refractivity contribution in [1.29, 1.82) is 5.26 Å². The van der Waals surface area contributed by atoms with Crippen molar-refractivity contribution in [3.05, 3.63) is 34.9 Å². The predicted octanol–water partition coefficient (Wildman–Crippen LogP) is 3.66. The molecule has 0 aromatic heterocycles. The number of piperidine rings is 1. The van der Waals surface area contributed by atoms with Crippen LogP contribution in [0.2, 0.25) is 0 Å². The second-order valence-corrected chi connectivity index (χ2v) is 6.28. The van der Waals surface area contributed by atoms with Gasteiger partial charge < -0.3 is 4.90 Å². The van der Waals surface area contributed by atoms with Crippen molar-refractivity contribution in [3.63, 3.8) is 0 Å². The Labute approximate surface area is 122 Å². The van der Waals surface area contributed by atoms with Crippen LogP contribution in [-0.2, 0) is 12.8 Å². The van der Waals surface area contributed by atoms with Crippen LogP contribution in [0.1, 0.15) is 54.7 Å². The molecule has 0 spiro atoms. The number of aryl methyl sites for hydroxylation is 2. The Hall–Kier alpha value is -1.33. The van der Waals surface area contributed by atoms with Crippen molar-refractivity contribution in [2.75, 3.05) is 19.6 Å². The van der Waals surface area contributed by atoms with E-state index in [0.717, 1.165) is 6.54 Å². The predicted molar refractivity (Wildman–Crippen MR) is 81.7 cm³/mol. The Morgan fingerprint density at radius 1 is 1.00 bits per heavy atom. The highest BCUT2D eigenvalue weighted by Gasteiger charge is 2.19. The lowest BCUT2D eigenvalue weighted by Crippen LogP contribution is -2.33. The van der Waals surface area contributed by atoms with Crippen LogP contribution in [0, 0.1) is 11.3 Å². The SMILES string of the molecule is N#CC(CN1CCCCC1)c1ccc2c(c1)CCCC2. The molecule has 1 saturated heterocycles. The lowest BCUT2D eigenvalue weighted by atomic mass is 9.87. The molecule has 20 heavy (non-hydrogen) atoms. The van der Waals surface area contributed by atoms with Gasteiger partial charge in [-0.1, -0.05) is 24.6 Å². The first-order chi connectivity index (χ1) is 9.86. The molecule has 0 amide bonds. The zero-order chi connectivity index (χ0) is 13.8. The topological polar surface area (TPSA) is 27.0 Å². The molecule has 0 saturated carbocycles. The van der Waals surface area contributed by atoms with Crippen molar-refractivity contribution in [1.82, 2.24) is 4.90 Å². The summed E-state index contributed by atoms with van der Waals surface area (Å²) < 4.78 is 0. The van der Waals surface area contributed by atoms with Crippen molar-refractivity contribution >= 4 is 0 Å². The Morgan fingerprint density at radius 3 is 2.50 bits per heavy atom. The number of likely N-dealkylation sites (tertiary alicyclic amines) is 1. The number of fused-ring (bicyclic) bond motifs is 1. The highest BCUT2D eigenvalue weighted by atomic mass is 15.1. The molecule has 1 heterocycles. The van der Waals surface area contributed by atoms with Crippen LogP contribution < -0.4 is 0 Å². The monoisotopic (exact) mass is 268 g/mol. The molecule has 1 aromatic carbocycles. The van der Waals surface area contributed by atoms with Crippen molar-refractivity contribution in [2.24, 2.45) is 0 Å². The minimum atomic E-state index is 0.0420. The molecule has 1 atom stereocenters. The number of hydrogen-bond donors (Lipinski definition) is 0. The van der Waals surface area contributed by atoms with E-state index in [0.29, 0.717) is 0 Å². The standard InChI is InChI=1S/C18H24N2/c19-13-18(14-20-10-4-1-5-11-20)17-9-8-15-6-2-3-7-16(15)12-17/h8-9,12,18H,1-7,10-11,14H2. The molecular weight excluding hydrogens is 244 g/mol. The van der Waals surface area contributed by atoms with Crippen LogP contribution in [0.4, 0.5) is 0 Å². The van der Waals surface area contributed by atoms with Crippen LogP contribution in [0.5, 0.6) is 0 Å². The first-order valence-corrected chi connectivity index (χ1v) is 8.10. The first-order valence-electron chi connectivity index (χ1n) is 8.10. The summed E-state index contributed by atoms with van der Waals surface area (Å²) in [5, 5.41) is 9.54. The lowest BCUT2D eigenvalue weighted by Gasteiger charge is -2.28. The molecule has 1 unspecified atom stereocenters. The zero-order valence-corrected chi connectivity index (χ0v) is 12.3. The van der Waals surface area contributed by atoms with E-state index in [1.54, 1.807) is 0 Å². The van der Waals surface area contributed by atoms with Crippen LogP contribution >= 0.6 is 0 Å². The molecule has 0 bridgehead atoms. The van der Waals surface area contributed by atoms with E-state index >= 15 is 0 Å². The van der Waals surface area contributed by atoms with Crippen LogP contribution in [0.3, 0.4) is 0 Å². The Morgan fingerprint density at radius 2 is 1.75 bits per heavy atom. The summed E-state index contributed by atoms with van der Waals surface area (Å²) >= 11 is 0. The van der Waals surface area contributed by atoms with Crippen LogP contribution in [-0.4, -0.2) is 24.5 Å². The number of nitriles is 1. The molecule has 2 heteroatoms. The fourth-order valence-electron chi connectivity index (χ4n) is 3.59. The summed E-state index contributed by atoms with van der Waals surface area (Å²) in [4.78, 5) is 2.47. The molecular formula is C18H24N2. The lowest BCUT2D eigenvalue weighted by molar-refractivity contribution is 0.225. The second-order valence-electron chi connectivity index (χ2n) is 6.28. The van der Waals surface area contributed by atoms with Gasteiger partial charge in [0.2, 0.25) is 0 Å². The van der Waals surface area contributed by atoms with Crippen LogP contribution in [0.25, 0.3) is 0 Å². The summed E-state index contributed by atoms with van der Waals surface area (Å²) in [6, 6.07) is 9.31. The first kappa shape index (κ1) is 13.6. The van der Waals surface area contributed by atoms with Gasteiger partial charge in [-0.3, -0.25) is 0 Å². The smallest absolute Gasteiger partial charge is 0.0839 e. The van der Waals surface area contributed by atoms with Gasteiger partial charge in [0.05, 0.1) is 12.0 Å². The molecule has 1 aliphatic carbocycles. The summed E-state index contributed by atoms with van der Waals surface area (Å²) in [6.45, 7) is 3.25. The van der Waals surface area contributed by atoms with Crippen molar-refractivity contribution in [3.8, 4) is 6.07 Å². The van der Waals surface area contributed by atoms with Crippen molar-refractivity contribution in [2.45, 2.75) is 50.9 Å². The van der Waals surface area contributed by atoms with Gasteiger partial charge in [-0.15, -0.1) is 0 Å². The molecule has 0 N–H and O–H groups in total. The number of rotatable bonds is 3. The number of nitrogens with zero attached hydrogens (tertiary/aromatic N) is 2. The number of hydrogen-bond acceptors (Lipinski definition) is 2. The zero-order valence-electron chi connectivity index (χ0n) is 12.3. The van der Waals surface area contributed by atoms with Gasteiger partial charge >= 0.3 is 0 Å². The van der Waals surface area contributed by atoms with E-state index in [1.165, 1.54) is 74.7 Å². The second kappa shape index (κ2) is 6.41. The van der Waals surface area contributed by atoms with Gasteiger partial charge in [-0.25, -0.2) is 0 Å². The van der Waals surface area contributed by atoms with Gasteiger partial charge in [0.1, 0.15) is 0 Å². The quantitative estimate of drug-likeness (QED) is 0.836. The van der Waals surface area contributed by atoms with Gasteiger partial charge in [0.25, 0.3) is 0 Å². The normalized spacial score (nSPS) is 20.9. The maximum absolute atomic E-state index is 9.54. The van der Waals surface area contributed by atoms with Gasteiger partial charge in [0, 0.05) is 6.54 Å². The number of benzene rings is 1. The summed E-state index contributed by atoms with van der Waals surface area (Å²) in [6.07, 6.45) is 8.99. The average molecular weight is 268 g/mol. The van der Waals surface area contributed by atoms with Gasteiger partial charge in [-0.2, -0.15) is 5.26 Å². The third-order valence-corrected chi connectivity index (χ3v) is 4.82. The molecule has 106 valence electrons. The molecule has 2 aliphatic rings. The van der Waals surface area contributed by atoms with Crippen molar-refractivity contribution < 1.29 is 0 Å². The van der Waals surface area contributed by atoms with E-state index in [2.05, 4.69) is 29.2 Å². The van der Waals surface area contributed by atoms with E-state index in [9.17, 15) is 5.26 Å². The van der Waals surface area contributed by atoms with E-state index < -0.39 is 0 Å². The summed E-state index contributed by atoms with van der Waals surface area (Å²) in [5.41, 5.74) is 4.24. The van der Waals surface area contributed by atoms with E-state index in [1.807, 2.05) is 0 Å². The van der Waals surface area contributed by atoms with E-state index in [-0.39, 0.29) is 5.92 Å². The molecule has 0 radical (unpaired) electrons. The maximum Gasteiger partial charge on any atom is 0.0839 e. The third kappa shape index (κ3) is 3.04. The van der Waals surface area contributed by atoms with E-state index in [4.69, 9.17) is 0 Å². The van der Waals surface area contributed by atoms with Gasteiger partial charge in [0.15, 0.2) is 0 Å². The third-order valence-electron chi connectivity index (χ3n) is 4.82. The highest BCUT2D eigenvalue weighted by molar-refractivity contribution is 5.37. The average Bonchev–Trinajstić information content (AvgIpc) is 2.53. The Kier molecular flexibility index (Phi) is 4.38. The Bertz CT molecular complexity index is 495. The summed E-state index contributed by atoms with van der Waals surface area (Å²) in [7, 11) is 0. The minimum absolute atomic E-state index is 0.0420. The Balaban J connectivity index is 1.73. The molecule has 1 aliphatic heterocycles. The molecule has 1 fully saturated rings. The summed E-state index contributed by atoms with van der Waals surface area (Å²) in [5.74, 6) is 0.0420.